The lowest BCUT2D eigenvalue weighted by atomic mass is 9.97. The molecule has 3 nitrogen and oxygen atoms in total. The van der Waals surface area contributed by atoms with Crippen LogP contribution < -0.4 is 4.74 Å². The van der Waals surface area contributed by atoms with Gasteiger partial charge in [-0.05, 0) is 53.1 Å². The standard InChI is InChI=1S/C19H17NO2S2/c1-22-14-5-2-4-13(12-14)19(21)20-9-7-16-15(8-11-24-16)18(20)17-6-3-10-23-17/h2-6,8,10-12,18H,7,9H2,1H3. The molecule has 0 bridgehead atoms. The van der Waals surface area contributed by atoms with E-state index < -0.39 is 0 Å². The van der Waals surface area contributed by atoms with E-state index in [9.17, 15) is 4.79 Å². The van der Waals surface area contributed by atoms with E-state index >= 15 is 0 Å². The molecule has 5 heteroatoms. The highest BCUT2D eigenvalue weighted by Gasteiger charge is 2.33. The monoisotopic (exact) mass is 355 g/mol. The maximum atomic E-state index is 13.2. The smallest absolute Gasteiger partial charge is 0.254 e. The molecule has 3 aromatic rings. The lowest BCUT2D eigenvalue weighted by Crippen LogP contribution is -2.39. The molecule has 122 valence electrons. The van der Waals surface area contributed by atoms with Gasteiger partial charge in [-0.25, -0.2) is 0 Å². The largest absolute Gasteiger partial charge is 0.497 e. The Morgan fingerprint density at radius 3 is 2.88 bits per heavy atom. The zero-order chi connectivity index (χ0) is 16.5. The summed E-state index contributed by atoms with van der Waals surface area (Å²) in [6.07, 6.45) is 0.921. The predicted molar refractivity (Wildman–Crippen MR) is 98.2 cm³/mol. The second-order valence-electron chi connectivity index (χ2n) is 5.70. The normalized spacial score (nSPS) is 16.7. The van der Waals surface area contributed by atoms with Crippen molar-refractivity contribution in [3.63, 3.8) is 0 Å². The molecule has 1 unspecified atom stereocenters. The molecule has 0 fully saturated rings. The summed E-state index contributed by atoms with van der Waals surface area (Å²) in [5.74, 6) is 0.769. The van der Waals surface area contributed by atoms with Crippen LogP contribution in [0.15, 0.2) is 53.2 Å². The lowest BCUT2D eigenvalue weighted by Gasteiger charge is -2.35. The molecule has 2 aromatic heterocycles. The summed E-state index contributed by atoms with van der Waals surface area (Å²) >= 11 is 3.50. The van der Waals surface area contributed by atoms with Crippen LogP contribution in [0.25, 0.3) is 0 Å². The topological polar surface area (TPSA) is 29.5 Å². The molecule has 0 saturated heterocycles. The zero-order valence-corrected chi connectivity index (χ0v) is 14.9. The van der Waals surface area contributed by atoms with Gasteiger partial charge in [0.1, 0.15) is 5.75 Å². The van der Waals surface area contributed by atoms with Gasteiger partial charge in [-0.15, -0.1) is 22.7 Å². The molecule has 1 aliphatic rings. The third kappa shape index (κ3) is 2.64. The van der Waals surface area contributed by atoms with Crippen LogP contribution in [0, 0.1) is 0 Å². The van der Waals surface area contributed by atoms with Crippen LogP contribution >= 0.6 is 22.7 Å². The van der Waals surface area contributed by atoms with Crippen LogP contribution in [-0.4, -0.2) is 24.5 Å². The first-order valence-electron chi connectivity index (χ1n) is 7.82. The highest BCUT2D eigenvalue weighted by molar-refractivity contribution is 7.10. The average Bonchev–Trinajstić information content (AvgIpc) is 3.31. The third-order valence-corrected chi connectivity index (χ3v) is 6.28. The highest BCUT2D eigenvalue weighted by Crippen LogP contribution is 2.40. The summed E-state index contributed by atoms with van der Waals surface area (Å²) in [4.78, 5) is 17.8. The van der Waals surface area contributed by atoms with Gasteiger partial charge in [-0.2, -0.15) is 0 Å². The van der Waals surface area contributed by atoms with Crippen LogP contribution in [-0.2, 0) is 6.42 Å². The van der Waals surface area contributed by atoms with Crippen LogP contribution in [0.1, 0.15) is 31.7 Å². The highest BCUT2D eigenvalue weighted by atomic mass is 32.1. The molecule has 0 saturated carbocycles. The van der Waals surface area contributed by atoms with E-state index in [1.165, 1.54) is 15.3 Å². The van der Waals surface area contributed by atoms with Crippen molar-refractivity contribution >= 4 is 28.6 Å². The average molecular weight is 355 g/mol. The Kier molecular flexibility index (Phi) is 4.12. The fraction of sp³-hybridized carbons (Fsp3) is 0.211. The first kappa shape index (κ1) is 15.4. The van der Waals surface area contributed by atoms with Crippen molar-refractivity contribution in [1.29, 1.82) is 0 Å². The number of carbonyl (C=O) groups is 1. The van der Waals surface area contributed by atoms with Gasteiger partial charge in [0.05, 0.1) is 13.2 Å². The molecule has 4 rings (SSSR count). The Morgan fingerprint density at radius 2 is 2.08 bits per heavy atom. The number of ether oxygens (including phenoxy) is 1. The summed E-state index contributed by atoms with van der Waals surface area (Å²) in [7, 11) is 1.62. The fourth-order valence-corrected chi connectivity index (χ4v) is 4.97. The van der Waals surface area contributed by atoms with E-state index in [1.807, 2.05) is 29.2 Å². The number of thiophene rings is 2. The maximum absolute atomic E-state index is 13.2. The third-order valence-electron chi connectivity index (χ3n) is 4.36. The van der Waals surface area contributed by atoms with Crippen molar-refractivity contribution in [3.05, 3.63) is 74.1 Å². The molecule has 3 heterocycles. The second kappa shape index (κ2) is 6.42. The van der Waals surface area contributed by atoms with Crippen molar-refractivity contribution in [2.75, 3.05) is 13.7 Å². The van der Waals surface area contributed by atoms with E-state index in [-0.39, 0.29) is 11.9 Å². The van der Waals surface area contributed by atoms with Crippen molar-refractivity contribution in [2.24, 2.45) is 0 Å². The van der Waals surface area contributed by atoms with E-state index in [4.69, 9.17) is 4.74 Å². The van der Waals surface area contributed by atoms with Gasteiger partial charge in [-0.3, -0.25) is 4.79 Å². The number of amides is 1. The summed E-state index contributed by atoms with van der Waals surface area (Å²) in [6.45, 7) is 0.742. The quantitative estimate of drug-likeness (QED) is 0.687. The first-order valence-corrected chi connectivity index (χ1v) is 9.58. The van der Waals surface area contributed by atoms with E-state index in [0.29, 0.717) is 11.3 Å². The number of methoxy groups -OCH3 is 1. The summed E-state index contributed by atoms with van der Waals surface area (Å²) in [5, 5.41) is 4.20. The number of nitrogens with zero attached hydrogens (tertiary/aromatic N) is 1. The molecular weight excluding hydrogens is 338 g/mol. The van der Waals surface area contributed by atoms with Gasteiger partial charge in [0, 0.05) is 21.9 Å². The van der Waals surface area contributed by atoms with Crippen LogP contribution in [0.4, 0.5) is 0 Å². The first-order chi connectivity index (χ1) is 11.8. The number of carbonyl (C=O) groups excluding carboxylic acids is 1. The number of benzene rings is 1. The van der Waals surface area contributed by atoms with Crippen molar-refractivity contribution in [3.8, 4) is 5.75 Å². The van der Waals surface area contributed by atoms with Gasteiger partial charge in [0.2, 0.25) is 0 Å². The number of fused-ring (bicyclic) bond motifs is 1. The molecule has 1 aliphatic heterocycles. The number of rotatable bonds is 3. The van der Waals surface area contributed by atoms with Gasteiger partial charge < -0.3 is 9.64 Å². The van der Waals surface area contributed by atoms with Crippen molar-refractivity contribution in [1.82, 2.24) is 4.90 Å². The number of hydrogen-bond acceptors (Lipinski definition) is 4. The molecule has 1 aromatic carbocycles. The van der Waals surface area contributed by atoms with Gasteiger partial charge in [0.15, 0.2) is 0 Å². The number of hydrogen-bond donors (Lipinski definition) is 0. The zero-order valence-electron chi connectivity index (χ0n) is 13.3. The van der Waals surface area contributed by atoms with Gasteiger partial charge in [0.25, 0.3) is 5.91 Å². The minimum absolute atomic E-state index is 0.0127. The van der Waals surface area contributed by atoms with Crippen molar-refractivity contribution < 1.29 is 9.53 Å². The molecule has 0 N–H and O–H groups in total. The molecule has 1 atom stereocenters. The van der Waals surface area contributed by atoms with E-state index in [0.717, 1.165) is 13.0 Å². The molecule has 0 spiro atoms. The fourth-order valence-electron chi connectivity index (χ4n) is 3.21. The summed E-state index contributed by atoms with van der Waals surface area (Å²) < 4.78 is 5.27. The Hall–Kier alpha value is -2.11. The van der Waals surface area contributed by atoms with Crippen molar-refractivity contribution in [2.45, 2.75) is 12.5 Å². The molecule has 0 aliphatic carbocycles. The second-order valence-corrected chi connectivity index (χ2v) is 7.68. The Balaban J connectivity index is 1.74. The molecule has 24 heavy (non-hydrogen) atoms. The molecular formula is C19H17NO2S2. The van der Waals surface area contributed by atoms with Crippen LogP contribution in [0.5, 0.6) is 5.75 Å². The lowest BCUT2D eigenvalue weighted by molar-refractivity contribution is 0.0698. The minimum Gasteiger partial charge on any atom is -0.497 e. The van der Waals surface area contributed by atoms with E-state index in [2.05, 4.69) is 29.0 Å². The van der Waals surface area contributed by atoms with Crippen LogP contribution in [0.3, 0.4) is 0 Å². The summed E-state index contributed by atoms with van der Waals surface area (Å²) in [6, 6.07) is 13.8. The molecule has 1 amide bonds. The Labute approximate surface area is 149 Å². The Bertz CT molecular complexity index is 854. The van der Waals surface area contributed by atoms with E-state index in [1.54, 1.807) is 29.8 Å². The summed E-state index contributed by atoms with van der Waals surface area (Å²) in [5.41, 5.74) is 1.94. The predicted octanol–water partition coefficient (Wildman–Crippen LogP) is 4.61. The van der Waals surface area contributed by atoms with Gasteiger partial charge >= 0.3 is 0 Å². The molecule has 0 radical (unpaired) electrons. The minimum atomic E-state index is 0.0127. The SMILES string of the molecule is COc1cccc(C(=O)N2CCc3sccc3C2c2cccs2)c1. The van der Waals surface area contributed by atoms with Gasteiger partial charge in [-0.1, -0.05) is 12.1 Å². The van der Waals surface area contributed by atoms with Crippen LogP contribution in [0.2, 0.25) is 0 Å². The maximum Gasteiger partial charge on any atom is 0.254 e. The Morgan fingerprint density at radius 1 is 1.17 bits per heavy atom.